The van der Waals surface area contributed by atoms with Gasteiger partial charge in [-0.3, -0.25) is 9.62 Å². The quantitative estimate of drug-likeness (QED) is 0.520. The Hall–Kier alpha value is -3.52. The van der Waals surface area contributed by atoms with Gasteiger partial charge in [-0.1, -0.05) is 42.0 Å². The number of aryl methyl sites for hydroxylation is 2. The summed E-state index contributed by atoms with van der Waals surface area (Å²) in [5.41, 5.74) is 3.97. The lowest BCUT2D eigenvalue weighted by atomic mass is 10.1. The molecule has 1 aliphatic rings. The van der Waals surface area contributed by atoms with E-state index in [-0.39, 0.29) is 10.9 Å². The summed E-state index contributed by atoms with van der Waals surface area (Å²) in [5.74, 6) is 0.504. The molecule has 8 heteroatoms. The summed E-state index contributed by atoms with van der Waals surface area (Å²) in [4.78, 5) is 17.0. The van der Waals surface area contributed by atoms with Gasteiger partial charge in [0.15, 0.2) is 0 Å². The van der Waals surface area contributed by atoms with Crippen molar-refractivity contribution < 1.29 is 17.9 Å². The van der Waals surface area contributed by atoms with Gasteiger partial charge in [0.05, 0.1) is 23.4 Å². The summed E-state index contributed by atoms with van der Waals surface area (Å²) in [7, 11) is -2.24. The number of ether oxygens (including phenoxy) is 1. The zero-order valence-electron chi connectivity index (χ0n) is 19.6. The van der Waals surface area contributed by atoms with E-state index in [1.165, 1.54) is 7.11 Å². The molecule has 0 saturated carbocycles. The second kappa shape index (κ2) is 9.77. The third-order valence-corrected chi connectivity index (χ3v) is 7.17. The topological polar surface area (TPSA) is 79.0 Å². The smallest absolute Gasteiger partial charge is 0.324 e. The van der Waals surface area contributed by atoms with Crippen molar-refractivity contribution in [3.05, 3.63) is 83.4 Å². The Morgan fingerprint density at radius 3 is 2.38 bits per heavy atom. The van der Waals surface area contributed by atoms with Crippen LogP contribution in [0.3, 0.4) is 0 Å². The summed E-state index contributed by atoms with van der Waals surface area (Å²) in [6, 6.07) is 19.7. The highest BCUT2D eigenvalue weighted by Crippen LogP contribution is 2.34. The van der Waals surface area contributed by atoms with Gasteiger partial charge in [-0.25, -0.2) is 13.2 Å². The lowest BCUT2D eigenvalue weighted by Gasteiger charge is -2.36. The molecule has 3 aromatic rings. The number of hydrogen-bond acceptors (Lipinski definition) is 4. The second-order valence-corrected chi connectivity index (χ2v) is 10.2. The molecule has 1 saturated heterocycles. The minimum atomic E-state index is -3.78. The number of carbonyl (C=O) groups is 1. The van der Waals surface area contributed by atoms with Crippen molar-refractivity contribution in [3.63, 3.8) is 0 Å². The molecule has 178 valence electrons. The van der Waals surface area contributed by atoms with Crippen LogP contribution >= 0.6 is 0 Å². The van der Waals surface area contributed by atoms with E-state index in [1.807, 2.05) is 38.1 Å². The highest BCUT2D eigenvalue weighted by Gasteiger charge is 2.29. The van der Waals surface area contributed by atoms with Gasteiger partial charge in [0.1, 0.15) is 5.75 Å². The summed E-state index contributed by atoms with van der Waals surface area (Å²) < 4.78 is 34.0. The van der Waals surface area contributed by atoms with Crippen molar-refractivity contribution in [1.29, 1.82) is 0 Å². The van der Waals surface area contributed by atoms with Gasteiger partial charge in [0.25, 0.3) is 10.0 Å². The predicted molar refractivity (Wildman–Crippen MR) is 134 cm³/mol. The van der Waals surface area contributed by atoms with Crippen molar-refractivity contribution in [3.8, 4) is 5.75 Å². The molecule has 7 nitrogen and oxygen atoms in total. The Bertz CT molecular complexity index is 1310. The number of anilines is 2. The molecule has 0 radical (unpaired) electrons. The van der Waals surface area contributed by atoms with Crippen LogP contribution in [0.25, 0.3) is 0 Å². The first-order chi connectivity index (χ1) is 16.3. The van der Waals surface area contributed by atoms with Crippen LogP contribution in [0, 0.1) is 13.8 Å². The Kier molecular flexibility index (Phi) is 6.79. The van der Waals surface area contributed by atoms with Crippen LogP contribution < -0.4 is 14.4 Å². The standard InChI is InChI=1S/C26H29N3O4S/c1-19-7-4-9-21(15-19)18-28-13-6-14-29(26(28)30)24-17-22(11-12-25(24)33-3)27-34(31,32)23-10-5-8-20(2)16-23/h4-5,7-12,15-17,27H,6,13-14,18H2,1-3H3. The average Bonchev–Trinajstić information content (AvgIpc) is 2.80. The number of methoxy groups -OCH3 is 1. The molecule has 1 aliphatic heterocycles. The van der Waals surface area contributed by atoms with Crippen LogP contribution in [0.2, 0.25) is 0 Å². The van der Waals surface area contributed by atoms with Gasteiger partial charge >= 0.3 is 6.03 Å². The zero-order valence-corrected chi connectivity index (χ0v) is 20.4. The lowest BCUT2D eigenvalue weighted by Crippen LogP contribution is -2.49. The minimum absolute atomic E-state index is 0.134. The Labute approximate surface area is 201 Å². The molecule has 4 rings (SSSR count). The van der Waals surface area contributed by atoms with E-state index in [2.05, 4.69) is 10.8 Å². The van der Waals surface area contributed by atoms with Crippen LogP contribution in [-0.4, -0.2) is 39.5 Å². The second-order valence-electron chi connectivity index (χ2n) is 8.51. The number of carbonyl (C=O) groups excluding carboxylic acids is 1. The maximum absolute atomic E-state index is 13.4. The Morgan fingerprint density at radius 1 is 0.941 bits per heavy atom. The fourth-order valence-corrected chi connectivity index (χ4v) is 5.30. The molecule has 0 unspecified atom stereocenters. The summed E-state index contributed by atoms with van der Waals surface area (Å²) >= 11 is 0. The molecule has 34 heavy (non-hydrogen) atoms. The van der Waals surface area contributed by atoms with Gasteiger partial charge in [0.2, 0.25) is 0 Å². The molecule has 0 bridgehead atoms. The lowest BCUT2D eigenvalue weighted by molar-refractivity contribution is 0.192. The molecular formula is C26H29N3O4S. The first-order valence-electron chi connectivity index (χ1n) is 11.2. The van der Waals surface area contributed by atoms with Crippen LogP contribution in [-0.2, 0) is 16.6 Å². The molecule has 0 aliphatic carbocycles. The molecule has 3 aromatic carbocycles. The number of nitrogens with one attached hydrogen (secondary N) is 1. The largest absolute Gasteiger partial charge is 0.495 e. The summed E-state index contributed by atoms with van der Waals surface area (Å²) in [6.45, 7) is 5.56. The number of rotatable bonds is 7. The van der Waals surface area contributed by atoms with E-state index in [9.17, 15) is 13.2 Å². The van der Waals surface area contributed by atoms with Crippen molar-refractivity contribution >= 4 is 27.4 Å². The number of hydrogen-bond donors (Lipinski definition) is 1. The van der Waals surface area contributed by atoms with Crippen molar-refractivity contribution in [2.75, 3.05) is 29.8 Å². The normalized spacial score (nSPS) is 14.3. The van der Waals surface area contributed by atoms with E-state index >= 15 is 0 Å². The van der Waals surface area contributed by atoms with Crippen molar-refractivity contribution in [1.82, 2.24) is 4.90 Å². The molecule has 0 spiro atoms. The molecule has 1 fully saturated rings. The maximum atomic E-state index is 13.4. The van der Waals surface area contributed by atoms with Gasteiger partial charge < -0.3 is 9.64 Å². The monoisotopic (exact) mass is 479 g/mol. The fourth-order valence-electron chi connectivity index (χ4n) is 4.14. The molecular weight excluding hydrogens is 450 g/mol. The average molecular weight is 480 g/mol. The van der Waals surface area contributed by atoms with Crippen molar-refractivity contribution in [2.45, 2.75) is 31.7 Å². The highest BCUT2D eigenvalue weighted by molar-refractivity contribution is 7.92. The molecule has 1 heterocycles. The van der Waals surface area contributed by atoms with Crippen LogP contribution in [0.1, 0.15) is 23.1 Å². The van der Waals surface area contributed by atoms with Crippen LogP contribution in [0.15, 0.2) is 71.6 Å². The number of amides is 2. The van der Waals surface area contributed by atoms with E-state index < -0.39 is 10.0 Å². The van der Waals surface area contributed by atoms with E-state index in [0.717, 1.165) is 23.1 Å². The number of sulfonamides is 1. The summed E-state index contributed by atoms with van der Waals surface area (Å²) in [6.07, 6.45) is 0.792. The van der Waals surface area contributed by atoms with Gasteiger partial charge in [0, 0.05) is 19.6 Å². The number of benzene rings is 3. The van der Waals surface area contributed by atoms with Gasteiger partial charge in [-0.2, -0.15) is 0 Å². The predicted octanol–water partition coefficient (Wildman–Crippen LogP) is 4.95. The number of urea groups is 1. The van der Waals surface area contributed by atoms with E-state index in [1.54, 1.807) is 46.2 Å². The maximum Gasteiger partial charge on any atom is 0.324 e. The van der Waals surface area contributed by atoms with Gasteiger partial charge in [-0.15, -0.1) is 0 Å². The zero-order chi connectivity index (χ0) is 24.3. The third kappa shape index (κ3) is 5.17. The first kappa shape index (κ1) is 23.6. The summed E-state index contributed by atoms with van der Waals surface area (Å²) in [5, 5.41) is 0. The Balaban J connectivity index is 1.60. The molecule has 0 aromatic heterocycles. The van der Waals surface area contributed by atoms with E-state index in [4.69, 9.17) is 4.74 Å². The van der Waals surface area contributed by atoms with Crippen molar-refractivity contribution in [2.24, 2.45) is 0 Å². The highest BCUT2D eigenvalue weighted by atomic mass is 32.2. The van der Waals surface area contributed by atoms with Crippen LogP contribution in [0.4, 0.5) is 16.2 Å². The third-order valence-electron chi connectivity index (χ3n) is 5.79. The minimum Gasteiger partial charge on any atom is -0.495 e. The van der Waals surface area contributed by atoms with E-state index in [0.29, 0.717) is 36.8 Å². The molecule has 0 atom stereocenters. The number of nitrogens with zero attached hydrogens (tertiary/aromatic N) is 2. The first-order valence-corrected chi connectivity index (χ1v) is 12.6. The van der Waals surface area contributed by atoms with Crippen LogP contribution in [0.5, 0.6) is 5.75 Å². The molecule has 1 N–H and O–H groups in total. The van der Waals surface area contributed by atoms with Gasteiger partial charge in [-0.05, 0) is 61.7 Å². The fraction of sp³-hybridized carbons (Fsp3) is 0.269. The SMILES string of the molecule is COc1ccc(NS(=O)(=O)c2cccc(C)c2)cc1N1CCCN(Cc2cccc(C)c2)C1=O. The Morgan fingerprint density at radius 2 is 1.68 bits per heavy atom. The molecule has 2 amide bonds.